The van der Waals surface area contributed by atoms with Crippen molar-refractivity contribution in [3.63, 3.8) is 0 Å². The van der Waals surface area contributed by atoms with E-state index in [1.54, 1.807) is 6.07 Å². The molecule has 0 saturated carbocycles. The number of primary amides is 1. The summed E-state index contributed by atoms with van der Waals surface area (Å²) in [7, 11) is -3.33. The summed E-state index contributed by atoms with van der Waals surface area (Å²) in [6, 6.07) is 4.50. The first-order chi connectivity index (χ1) is 8.80. The number of halogens is 1. The molecule has 9 heteroatoms. The maximum Gasteiger partial charge on any atom is 0.271 e. The lowest BCUT2D eigenvalue weighted by Crippen LogP contribution is -2.12. The number of carbonyl (C=O) groups excluding carboxylic acids is 1. The van der Waals surface area contributed by atoms with Gasteiger partial charge in [-0.25, -0.2) is 8.42 Å². The topological polar surface area (TPSA) is 119 Å². The molecule has 0 bridgehead atoms. The number of nitrogens with two attached hydrogens (primary N) is 1. The number of hydrogen-bond acceptors (Lipinski definition) is 5. The van der Waals surface area contributed by atoms with Gasteiger partial charge in [0.15, 0.2) is 15.5 Å². The van der Waals surface area contributed by atoms with Gasteiger partial charge in [0.25, 0.3) is 5.91 Å². The predicted octanol–water partition coefficient (Wildman–Crippen LogP) is 0.737. The van der Waals surface area contributed by atoms with E-state index in [1.807, 2.05) is 0 Å². The van der Waals surface area contributed by atoms with Gasteiger partial charge >= 0.3 is 0 Å². The molecule has 2 aromatic rings. The van der Waals surface area contributed by atoms with Crippen molar-refractivity contribution in [2.24, 2.45) is 5.73 Å². The molecule has 1 aromatic heterocycles. The van der Waals surface area contributed by atoms with Crippen LogP contribution in [0.4, 0.5) is 0 Å². The van der Waals surface area contributed by atoms with Crippen LogP contribution in [0.3, 0.4) is 0 Å². The predicted molar refractivity (Wildman–Crippen MR) is 71.1 cm³/mol. The van der Waals surface area contributed by atoms with Crippen LogP contribution >= 0.6 is 15.9 Å². The summed E-state index contributed by atoms with van der Waals surface area (Å²) in [6.07, 6.45) is 1.11. The number of rotatable bonds is 3. The van der Waals surface area contributed by atoms with Crippen molar-refractivity contribution in [1.29, 1.82) is 0 Å². The minimum absolute atomic E-state index is 0.000921. The second-order valence-corrected chi connectivity index (χ2v) is 6.64. The lowest BCUT2D eigenvalue weighted by Gasteiger charge is -2.04. The number of amides is 1. The van der Waals surface area contributed by atoms with E-state index in [0.717, 1.165) is 6.26 Å². The van der Waals surface area contributed by atoms with Gasteiger partial charge in [-0.15, -0.1) is 0 Å². The number of benzene rings is 1. The van der Waals surface area contributed by atoms with Crippen LogP contribution < -0.4 is 5.73 Å². The second kappa shape index (κ2) is 4.74. The Balaban J connectivity index is 2.57. The Morgan fingerprint density at radius 2 is 2.05 bits per heavy atom. The minimum Gasteiger partial charge on any atom is -0.364 e. The first-order valence-electron chi connectivity index (χ1n) is 5.01. The van der Waals surface area contributed by atoms with Crippen LogP contribution in [-0.4, -0.2) is 36.0 Å². The van der Waals surface area contributed by atoms with E-state index in [4.69, 9.17) is 5.73 Å². The van der Waals surface area contributed by atoms with Crippen LogP contribution in [0.1, 0.15) is 10.5 Å². The van der Waals surface area contributed by atoms with Gasteiger partial charge in [-0.05, 0) is 28.1 Å². The third kappa shape index (κ3) is 2.66. The number of nitrogens with one attached hydrogen (secondary N) is 1. The SMILES string of the molecule is CS(=O)(=O)c1ccc(-c2n[nH]nc2C(N)=O)cc1Br. The van der Waals surface area contributed by atoms with E-state index in [2.05, 4.69) is 31.3 Å². The maximum atomic E-state index is 11.5. The van der Waals surface area contributed by atoms with Crippen molar-refractivity contribution < 1.29 is 13.2 Å². The highest BCUT2D eigenvalue weighted by Crippen LogP contribution is 2.28. The van der Waals surface area contributed by atoms with Gasteiger partial charge in [-0.2, -0.15) is 15.4 Å². The Labute approximate surface area is 117 Å². The summed E-state index contributed by atoms with van der Waals surface area (Å²) < 4.78 is 23.4. The van der Waals surface area contributed by atoms with E-state index in [9.17, 15) is 13.2 Å². The van der Waals surface area contributed by atoms with Gasteiger partial charge in [0.2, 0.25) is 0 Å². The molecular formula is C10H9BrN4O3S. The fraction of sp³-hybridized carbons (Fsp3) is 0.100. The zero-order valence-electron chi connectivity index (χ0n) is 9.71. The summed E-state index contributed by atoms with van der Waals surface area (Å²) in [5, 5.41) is 9.79. The zero-order chi connectivity index (χ0) is 14.2. The third-order valence-electron chi connectivity index (χ3n) is 2.39. The van der Waals surface area contributed by atoms with E-state index >= 15 is 0 Å². The van der Waals surface area contributed by atoms with Crippen LogP contribution in [0, 0.1) is 0 Å². The van der Waals surface area contributed by atoms with Crippen LogP contribution in [0.15, 0.2) is 27.6 Å². The highest BCUT2D eigenvalue weighted by atomic mass is 79.9. The molecule has 100 valence electrons. The van der Waals surface area contributed by atoms with Gasteiger partial charge in [0.05, 0.1) is 4.90 Å². The number of nitrogens with zero attached hydrogens (tertiary/aromatic N) is 2. The Kier molecular flexibility index (Phi) is 3.42. The molecule has 0 spiro atoms. The molecule has 1 heterocycles. The smallest absolute Gasteiger partial charge is 0.271 e. The Morgan fingerprint density at radius 3 is 2.58 bits per heavy atom. The highest BCUT2D eigenvalue weighted by Gasteiger charge is 2.18. The summed E-state index contributed by atoms with van der Waals surface area (Å²) in [5.74, 6) is -0.716. The highest BCUT2D eigenvalue weighted by molar-refractivity contribution is 9.10. The van der Waals surface area contributed by atoms with Crippen LogP contribution in [-0.2, 0) is 9.84 Å². The van der Waals surface area contributed by atoms with Crippen LogP contribution in [0.2, 0.25) is 0 Å². The third-order valence-corrected chi connectivity index (χ3v) is 4.46. The molecular weight excluding hydrogens is 336 g/mol. The first kappa shape index (κ1) is 13.7. The van der Waals surface area contributed by atoms with E-state index in [-0.39, 0.29) is 16.3 Å². The Hall–Kier alpha value is -1.74. The summed E-state index contributed by atoms with van der Waals surface area (Å²) in [6.45, 7) is 0. The largest absolute Gasteiger partial charge is 0.364 e. The number of hydrogen-bond donors (Lipinski definition) is 2. The number of aromatic nitrogens is 3. The Morgan fingerprint density at radius 1 is 1.37 bits per heavy atom. The van der Waals surface area contributed by atoms with Gasteiger partial charge in [-0.1, -0.05) is 6.07 Å². The number of aromatic amines is 1. The molecule has 1 amide bonds. The quantitative estimate of drug-likeness (QED) is 0.850. The maximum absolute atomic E-state index is 11.5. The molecule has 2 rings (SSSR count). The summed E-state index contributed by atoms with van der Waals surface area (Å²) in [4.78, 5) is 11.3. The van der Waals surface area contributed by atoms with E-state index in [1.165, 1.54) is 12.1 Å². The van der Waals surface area contributed by atoms with Crippen molar-refractivity contribution >= 4 is 31.7 Å². The van der Waals surface area contributed by atoms with E-state index in [0.29, 0.717) is 10.0 Å². The zero-order valence-corrected chi connectivity index (χ0v) is 12.1. The van der Waals surface area contributed by atoms with Gasteiger partial charge < -0.3 is 5.73 Å². The first-order valence-corrected chi connectivity index (χ1v) is 7.69. The molecule has 0 aliphatic rings. The monoisotopic (exact) mass is 344 g/mol. The molecule has 0 aliphatic carbocycles. The van der Waals surface area contributed by atoms with Crippen molar-refractivity contribution in [1.82, 2.24) is 15.4 Å². The fourth-order valence-electron chi connectivity index (χ4n) is 1.55. The second-order valence-electron chi connectivity index (χ2n) is 3.80. The lowest BCUT2D eigenvalue weighted by atomic mass is 10.1. The fourth-order valence-corrected chi connectivity index (χ4v) is 3.54. The summed E-state index contributed by atoms with van der Waals surface area (Å²) in [5.41, 5.74) is 5.96. The van der Waals surface area contributed by atoms with Crippen molar-refractivity contribution in [3.8, 4) is 11.3 Å². The average Bonchev–Trinajstić information content (AvgIpc) is 2.75. The van der Waals surface area contributed by atoms with Crippen molar-refractivity contribution in [2.75, 3.05) is 6.26 Å². The standard InChI is InChI=1S/C10H9BrN4O3S/c1-19(17,18)7-3-2-5(4-6(7)11)8-9(10(12)16)14-15-13-8/h2-4H,1H3,(H2,12,16)(H,13,14,15). The average molecular weight is 345 g/mol. The summed E-state index contributed by atoms with van der Waals surface area (Å²) >= 11 is 3.18. The molecule has 0 radical (unpaired) electrons. The number of carbonyl (C=O) groups is 1. The van der Waals surface area contributed by atoms with Crippen molar-refractivity contribution in [3.05, 3.63) is 28.4 Å². The molecule has 0 unspecified atom stereocenters. The van der Waals surface area contributed by atoms with Gasteiger partial charge in [0.1, 0.15) is 5.69 Å². The lowest BCUT2D eigenvalue weighted by molar-refractivity contribution is 0.0996. The molecule has 0 aliphatic heterocycles. The Bertz CT molecular complexity index is 754. The number of sulfone groups is 1. The van der Waals surface area contributed by atoms with E-state index < -0.39 is 15.7 Å². The molecule has 0 atom stereocenters. The molecule has 1 aromatic carbocycles. The normalized spacial score (nSPS) is 11.5. The molecule has 3 N–H and O–H groups in total. The molecule has 0 fully saturated rings. The van der Waals surface area contributed by atoms with Crippen LogP contribution in [0.5, 0.6) is 0 Å². The molecule has 7 nitrogen and oxygen atoms in total. The van der Waals surface area contributed by atoms with Crippen molar-refractivity contribution in [2.45, 2.75) is 4.90 Å². The minimum atomic E-state index is -3.33. The number of H-pyrrole nitrogens is 1. The molecule has 19 heavy (non-hydrogen) atoms. The van der Waals surface area contributed by atoms with Crippen LogP contribution in [0.25, 0.3) is 11.3 Å². The molecule has 0 saturated heterocycles. The van der Waals surface area contributed by atoms with Gasteiger partial charge in [-0.3, -0.25) is 4.79 Å². The van der Waals surface area contributed by atoms with Gasteiger partial charge in [0, 0.05) is 16.3 Å².